The third-order valence-electron chi connectivity index (χ3n) is 8.39. The number of aliphatic hydroxyl groups excluding tert-OH is 3. The minimum atomic E-state index is -1.14. The molecule has 0 aromatic carbocycles. The first-order chi connectivity index (χ1) is 16.5. The second kappa shape index (κ2) is 16.9. The van der Waals surface area contributed by atoms with E-state index in [-0.39, 0.29) is 24.7 Å². The van der Waals surface area contributed by atoms with Gasteiger partial charge in [-0.3, -0.25) is 0 Å². The molecule has 34 heavy (non-hydrogen) atoms. The van der Waals surface area contributed by atoms with Crippen molar-refractivity contribution in [2.24, 2.45) is 29.6 Å². The van der Waals surface area contributed by atoms with Crippen LogP contribution in [0.4, 0.5) is 0 Å². The summed E-state index contributed by atoms with van der Waals surface area (Å²) in [5.74, 6) is 3.41. The summed E-state index contributed by atoms with van der Waals surface area (Å²) in [6.07, 6.45) is 16.5. The van der Waals surface area contributed by atoms with Crippen molar-refractivity contribution in [1.29, 1.82) is 0 Å². The Morgan fingerprint density at radius 3 is 2.09 bits per heavy atom. The molecule has 2 aliphatic rings. The lowest BCUT2D eigenvalue weighted by Gasteiger charge is -2.40. The van der Waals surface area contributed by atoms with Crippen LogP contribution in [0.25, 0.3) is 0 Å². The lowest BCUT2D eigenvalue weighted by molar-refractivity contribution is -0.104. The number of unbranched alkanes of at least 4 members (excludes halogenated alkanes) is 3. The van der Waals surface area contributed by atoms with Crippen molar-refractivity contribution in [1.82, 2.24) is 0 Å². The third-order valence-corrected chi connectivity index (χ3v) is 8.39. The van der Waals surface area contributed by atoms with Gasteiger partial charge in [0.2, 0.25) is 0 Å². The second-order valence-electron chi connectivity index (χ2n) is 11.0. The quantitative estimate of drug-likeness (QED) is 0.143. The number of ether oxygens (including phenoxy) is 2. The van der Waals surface area contributed by atoms with Crippen molar-refractivity contribution in [2.75, 3.05) is 33.0 Å². The zero-order valence-corrected chi connectivity index (χ0v) is 21.8. The van der Waals surface area contributed by atoms with Gasteiger partial charge in [0.25, 0.3) is 0 Å². The van der Waals surface area contributed by atoms with E-state index in [0.29, 0.717) is 31.3 Å². The fourth-order valence-electron chi connectivity index (χ4n) is 6.03. The van der Waals surface area contributed by atoms with Crippen molar-refractivity contribution in [2.45, 2.75) is 96.7 Å². The molecule has 2 unspecified atom stereocenters. The van der Waals surface area contributed by atoms with Crippen molar-refractivity contribution in [3.05, 3.63) is 24.3 Å². The zero-order valence-electron chi connectivity index (χ0n) is 21.8. The predicted octanol–water partition coefficient (Wildman–Crippen LogP) is 5.63. The molecule has 2 fully saturated rings. The normalized spacial score (nSPS) is 27.3. The monoisotopic (exact) mass is 480 g/mol. The van der Waals surface area contributed by atoms with Crippen LogP contribution >= 0.6 is 0 Å². The Morgan fingerprint density at radius 1 is 0.853 bits per heavy atom. The van der Waals surface area contributed by atoms with E-state index in [4.69, 9.17) is 9.47 Å². The van der Waals surface area contributed by atoms with Crippen molar-refractivity contribution in [3.8, 4) is 0 Å². The number of aliphatic hydroxyl groups is 3. The molecule has 0 aromatic heterocycles. The van der Waals surface area contributed by atoms with Crippen LogP contribution in [0.2, 0.25) is 0 Å². The summed E-state index contributed by atoms with van der Waals surface area (Å²) in [6.45, 7) is 10.6. The standard InChI is InChI=1S/C29H52O5/c1-4-5-6-7-8-24-9-11-25(12-10-24)26-13-15-27(16-14-26)28(20-33-19-22(2)17-30)21-34-29(32)23(3)18-31/h24-32H,2-21H2,1H3. The summed E-state index contributed by atoms with van der Waals surface area (Å²) in [4.78, 5) is 0. The first kappa shape index (κ1) is 29.5. The van der Waals surface area contributed by atoms with Crippen LogP contribution in [-0.2, 0) is 9.47 Å². The first-order valence-electron chi connectivity index (χ1n) is 13.9. The van der Waals surface area contributed by atoms with E-state index in [0.717, 1.165) is 17.8 Å². The maximum absolute atomic E-state index is 10.1. The lowest BCUT2D eigenvalue weighted by Crippen LogP contribution is -2.33. The van der Waals surface area contributed by atoms with Gasteiger partial charge in [-0.25, -0.2) is 0 Å². The highest BCUT2D eigenvalue weighted by atomic mass is 16.6. The summed E-state index contributed by atoms with van der Waals surface area (Å²) in [7, 11) is 0. The van der Waals surface area contributed by atoms with Gasteiger partial charge in [-0.1, -0.05) is 65.0 Å². The summed E-state index contributed by atoms with van der Waals surface area (Å²) in [5.41, 5.74) is 0.941. The summed E-state index contributed by atoms with van der Waals surface area (Å²) in [6, 6.07) is 0. The topological polar surface area (TPSA) is 79.2 Å². The zero-order chi connectivity index (χ0) is 24.8. The molecule has 0 saturated heterocycles. The van der Waals surface area contributed by atoms with Crippen molar-refractivity contribution >= 4 is 0 Å². The van der Waals surface area contributed by atoms with Gasteiger partial charge >= 0.3 is 0 Å². The molecule has 5 nitrogen and oxygen atoms in total. The van der Waals surface area contributed by atoms with E-state index in [2.05, 4.69) is 20.1 Å². The fraction of sp³-hybridized carbons (Fsp3) is 0.862. The Balaban J connectivity index is 1.77. The van der Waals surface area contributed by atoms with Gasteiger partial charge in [-0.05, 0) is 67.8 Å². The highest BCUT2D eigenvalue weighted by Crippen LogP contribution is 2.43. The predicted molar refractivity (Wildman–Crippen MR) is 138 cm³/mol. The van der Waals surface area contributed by atoms with Gasteiger partial charge in [-0.15, -0.1) is 0 Å². The Labute approximate surface area is 208 Å². The SMILES string of the molecule is C=C(CO)COCC(COC(O)C(=C)CO)C1CCC(C2CCC(CCCCCC)CC2)CC1. The molecular formula is C29H52O5. The minimum absolute atomic E-state index is 0.0672. The van der Waals surface area contributed by atoms with Crippen LogP contribution in [-0.4, -0.2) is 54.6 Å². The van der Waals surface area contributed by atoms with Gasteiger partial charge in [0.05, 0.1) is 33.0 Å². The molecule has 2 atom stereocenters. The Hall–Kier alpha value is -0.720. The molecule has 2 rings (SSSR count). The number of hydrogen-bond donors (Lipinski definition) is 3. The average Bonchev–Trinajstić information content (AvgIpc) is 2.88. The summed E-state index contributed by atoms with van der Waals surface area (Å²) >= 11 is 0. The molecule has 0 spiro atoms. The lowest BCUT2D eigenvalue weighted by atomic mass is 9.67. The van der Waals surface area contributed by atoms with E-state index in [1.165, 1.54) is 83.5 Å². The number of hydrogen-bond acceptors (Lipinski definition) is 5. The maximum Gasteiger partial charge on any atom is 0.179 e. The molecule has 0 heterocycles. The van der Waals surface area contributed by atoms with Gasteiger partial charge in [0.15, 0.2) is 6.29 Å². The highest BCUT2D eigenvalue weighted by Gasteiger charge is 2.33. The minimum Gasteiger partial charge on any atom is -0.392 e. The van der Waals surface area contributed by atoms with Crippen LogP contribution in [0, 0.1) is 29.6 Å². The number of rotatable bonds is 17. The van der Waals surface area contributed by atoms with E-state index in [1.807, 2.05) is 0 Å². The van der Waals surface area contributed by atoms with Gasteiger partial charge in [0.1, 0.15) is 0 Å². The molecular weight excluding hydrogens is 428 g/mol. The van der Waals surface area contributed by atoms with Gasteiger partial charge in [0, 0.05) is 11.5 Å². The second-order valence-corrected chi connectivity index (χ2v) is 11.0. The molecule has 0 bridgehead atoms. The van der Waals surface area contributed by atoms with Crippen molar-refractivity contribution < 1.29 is 24.8 Å². The third kappa shape index (κ3) is 10.5. The van der Waals surface area contributed by atoms with Crippen LogP contribution in [0.3, 0.4) is 0 Å². The van der Waals surface area contributed by atoms with Crippen LogP contribution in [0.5, 0.6) is 0 Å². The smallest absolute Gasteiger partial charge is 0.179 e. The van der Waals surface area contributed by atoms with Crippen LogP contribution in [0.1, 0.15) is 90.4 Å². The largest absolute Gasteiger partial charge is 0.392 e. The highest BCUT2D eigenvalue weighted by molar-refractivity contribution is 4.97. The summed E-state index contributed by atoms with van der Waals surface area (Å²) < 4.78 is 11.5. The molecule has 3 N–H and O–H groups in total. The molecule has 0 amide bonds. The Morgan fingerprint density at radius 2 is 1.50 bits per heavy atom. The molecule has 2 saturated carbocycles. The average molecular weight is 481 g/mol. The van der Waals surface area contributed by atoms with E-state index < -0.39 is 6.29 Å². The van der Waals surface area contributed by atoms with E-state index in [9.17, 15) is 15.3 Å². The van der Waals surface area contributed by atoms with Gasteiger partial charge in [-0.2, -0.15) is 0 Å². The molecule has 0 aromatic rings. The molecule has 0 aliphatic heterocycles. The van der Waals surface area contributed by atoms with Crippen LogP contribution < -0.4 is 0 Å². The van der Waals surface area contributed by atoms with Crippen LogP contribution in [0.15, 0.2) is 24.3 Å². The molecule has 0 radical (unpaired) electrons. The van der Waals surface area contributed by atoms with E-state index in [1.54, 1.807) is 0 Å². The molecule has 2 aliphatic carbocycles. The molecule has 5 heteroatoms. The Bertz CT molecular complexity index is 561. The molecule has 198 valence electrons. The first-order valence-corrected chi connectivity index (χ1v) is 13.9. The Kier molecular flexibility index (Phi) is 14.6. The van der Waals surface area contributed by atoms with Gasteiger partial charge < -0.3 is 24.8 Å². The van der Waals surface area contributed by atoms with E-state index >= 15 is 0 Å². The summed E-state index contributed by atoms with van der Waals surface area (Å²) in [5, 5.41) is 28.4. The maximum atomic E-state index is 10.1. The fourth-order valence-corrected chi connectivity index (χ4v) is 6.03. The van der Waals surface area contributed by atoms with Crippen molar-refractivity contribution in [3.63, 3.8) is 0 Å².